The molecule has 0 saturated heterocycles. The number of aromatic nitrogens is 1. The summed E-state index contributed by atoms with van der Waals surface area (Å²) >= 11 is 0. The molecule has 148 valence electrons. The molecule has 6 heteroatoms. The maximum absolute atomic E-state index is 9.26. The van der Waals surface area contributed by atoms with Gasteiger partial charge in [-0.3, -0.25) is 0 Å². The van der Waals surface area contributed by atoms with Crippen LogP contribution in [0.15, 0.2) is 64.1 Å². The molecule has 0 bridgehead atoms. The maximum atomic E-state index is 9.26. The predicted molar refractivity (Wildman–Crippen MR) is 113 cm³/mol. The van der Waals surface area contributed by atoms with Gasteiger partial charge in [0.05, 0.1) is 6.21 Å². The highest BCUT2D eigenvalue weighted by Crippen LogP contribution is 2.27. The number of ether oxygens (including phenoxy) is 1. The van der Waals surface area contributed by atoms with Crippen LogP contribution in [-0.2, 0) is 6.61 Å². The molecular weight excluding hydrogens is 364 g/mol. The summed E-state index contributed by atoms with van der Waals surface area (Å²) in [4.78, 5) is 4.27. The fraction of sp³-hybridized carbons (Fsp3) is 0.261. The number of benzene rings is 2. The molecule has 3 rings (SSSR count). The summed E-state index contributed by atoms with van der Waals surface area (Å²) in [6, 6.07) is 19.7. The van der Waals surface area contributed by atoms with Crippen molar-refractivity contribution in [3.8, 4) is 11.8 Å². The zero-order valence-electron chi connectivity index (χ0n) is 16.6. The first-order valence-corrected chi connectivity index (χ1v) is 9.70. The molecule has 2 aromatic carbocycles. The Labute approximate surface area is 170 Å². The molecule has 29 heavy (non-hydrogen) atoms. The Bertz CT molecular complexity index is 968. The number of hydrazone groups is 1. The molecule has 0 aliphatic heterocycles. The molecule has 0 spiro atoms. The Balaban J connectivity index is 1.58. The largest absolute Gasteiger partial charge is 0.489 e. The Kier molecular flexibility index (Phi) is 7.01. The third kappa shape index (κ3) is 5.45. The molecule has 0 radical (unpaired) electrons. The van der Waals surface area contributed by atoms with E-state index in [2.05, 4.69) is 29.4 Å². The van der Waals surface area contributed by atoms with Crippen molar-refractivity contribution in [1.29, 1.82) is 5.26 Å². The monoisotopic (exact) mass is 388 g/mol. The minimum Gasteiger partial charge on any atom is -0.489 e. The molecule has 0 amide bonds. The van der Waals surface area contributed by atoms with Crippen molar-refractivity contribution in [2.45, 2.75) is 39.2 Å². The highest BCUT2D eigenvalue weighted by molar-refractivity contribution is 5.80. The van der Waals surface area contributed by atoms with Crippen molar-refractivity contribution in [3.63, 3.8) is 0 Å². The van der Waals surface area contributed by atoms with Gasteiger partial charge in [0.25, 0.3) is 5.88 Å². The number of hydrogen-bond donors (Lipinski definition) is 1. The van der Waals surface area contributed by atoms with E-state index in [1.165, 1.54) is 0 Å². The van der Waals surface area contributed by atoms with E-state index in [1.54, 1.807) is 6.21 Å². The summed E-state index contributed by atoms with van der Waals surface area (Å²) in [6.07, 6.45) is 3.47. The van der Waals surface area contributed by atoms with E-state index in [-0.39, 0.29) is 17.5 Å². The van der Waals surface area contributed by atoms with Gasteiger partial charge >= 0.3 is 0 Å². The third-order valence-electron chi connectivity index (χ3n) is 4.59. The van der Waals surface area contributed by atoms with Crippen LogP contribution >= 0.6 is 0 Å². The van der Waals surface area contributed by atoms with Gasteiger partial charge in [0.2, 0.25) is 11.6 Å². The summed E-state index contributed by atoms with van der Waals surface area (Å²) in [5.41, 5.74) is 5.01. The van der Waals surface area contributed by atoms with Crippen molar-refractivity contribution in [2.75, 3.05) is 5.43 Å². The van der Waals surface area contributed by atoms with Gasteiger partial charge < -0.3 is 9.15 Å². The number of nitriles is 1. The standard InChI is InChI=1S/C23H24N4O2/c1-3-19(4-2)22-26-21(14-24)23(29-22)27-25-15-17-10-12-20(13-11-17)28-16-18-8-6-5-7-9-18/h5-13,15,19,27H,3-4,16H2,1-2H3. The quantitative estimate of drug-likeness (QED) is 0.388. The van der Waals surface area contributed by atoms with E-state index >= 15 is 0 Å². The molecule has 0 unspecified atom stereocenters. The van der Waals surface area contributed by atoms with Crippen molar-refractivity contribution < 1.29 is 9.15 Å². The van der Waals surface area contributed by atoms with Crippen molar-refractivity contribution >= 4 is 12.1 Å². The van der Waals surface area contributed by atoms with E-state index in [9.17, 15) is 5.26 Å². The lowest BCUT2D eigenvalue weighted by atomic mass is 10.0. The maximum Gasteiger partial charge on any atom is 0.252 e. The minimum absolute atomic E-state index is 0.199. The summed E-state index contributed by atoms with van der Waals surface area (Å²) < 4.78 is 11.5. The van der Waals surface area contributed by atoms with E-state index in [4.69, 9.17) is 9.15 Å². The number of rotatable bonds is 9. The van der Waals surface area contributed by atoms with Crippen molar-refractivity contribution in [2.24, 2.45) is 5.10 Å². The first-order chi connectivity index (χ1) is 14.2. The normalized spacial score (nSPS) is 11.0. The van der Waals surface area contributed by atoms with Crippen LogP contribution in [0.3, 0.4) is 0 Å². The second kappa shape index (κ2) is 10.1. The van der Waals surface area contributed by atoms with Crippen molar-refractivity contribution in [1.82, 2.24) is 4.98 Å². The molecule has 0 aliphatic carbocycles. The molecule has 1 heterocycles. The zero-order chi connectivity index (χ0) is 20.5. The molecule has 0 aliphatic rings. The van der Waals surface area contributed by atoms with Crippen LogP contribution in [0.2, 0.25) is 0 Å². The van der Waals surface area contributed by atoms with Crippen LogP contribution < -0.4 is 10.2 Å². The molecule has 3 aromatic rings. The number of oxazole rings is 1. The molecular formula is C23H24N4O2. The Morgan fingerprint density at radius 1 is 1.14 bits per heavy atom. The Morgan fingerprint density at radius 3 is 2.52 bits per heavy atom. The first-order valence-electron chi connectivity index (χ1n) is 9.70. The first kappa shape index (κ1) is 20.2. The van der Waals surface area contributed by atoms with Gasteiger partial charge in [0.15, 0.2) is 0 Å². The number of anilines is 1. The summed E-state index contributed by atoms with van der Waals surface area (Å²) in [7, 11) is 0. The van der Waals surface area contributed by atoms with E-state index < -0.39 is 0 Å². The van der Waals surface area contributed by atoms with Crippen LogP contribution in [0.4, 0.5) is 5.88 Å². The number of nitrogens with zero attached hydrogens (tertiary/aromatic N) is 3. The summed E-state index contributed by atoms with van der Waals surface area (Å²) in [5, 5.41) is 13.4. The molecule has 1 aromatic heterocycles. The van der Waals surface area contributed by atoms with Gasteiger partial charge in [-0.05, 0) is 48.2 Å². The van der Waals surface area contributed by atoms with Gasteiger partial charge in [-0.15, -0.1) is 0 Å². The third-order valence-corrected chi connectivity index (χ3v) is 4.59. The van der Waals surface area contributed by atoms with Gasteiger partial charge in [-0.25, -0.2) is 10.4 Å². The van der Waals surface area contributed by atoms with Gasteiger partial charge in [-0.2, -0.15) is 10.4 Å². The molecule has 0 saturated carbocycles. The lowest BCUT2D eigenvalue weighted by molar-refractivity contribution is 0.306. The smallest absolute Gasteiger partial charge is 0.252 e. The van der Waals surface area contributed by atoms with Gasteiger partial charge in [-0.1, -0.05) is 44.2 Å². The average molecular weight is 388 g/mol. The van der Waals surface area contributed by atoms with E-state index in [0.29, 0.717) is 12.5 Å². The predicted octanol–water partition coefficient (Wildman–Crippen LogP) is 5.47. The molecule has 6 nitrogen and oxygen atoms in total. The molecule has 1 N–H and O–H groups in total. The Hall–Kier alpha value is -3.59. The number of nitrogens with one attached hydrogen (secondary N) is 1. The fourth-order valence-corrected chi connectivity index (χ4v) is 2.86. The lowest BCUT2D eigenvalue weighted by Gasteiger charge is -2.06. The topological polar surface area (TPSA) is 83.4 Å². The van der Waals surface area contributed by atoms with Crippen LogP contribution in [0.1, 0.15) is 55.3 Å². The van der Waals surface area contributed by atoms with E-state index in [0.717, 1.165) is 29.7 Å². The summed E-state index contributed by atoms with van der Waals surface area (Å²) in [5.74, 6) is 1.83. The Morgan fingerprint density at radius 2 is 1.86 bits per heavy atom. The van der Waals surface area contributed by atoms with Crippen molar-refractivity contribution in [3.05, 3.63) is 77.3 Å². The fourth-order valence-electron chi connectivity index (χ4n) is 2.86. The van der Waals surface area contributed by atoms with Crippen LogP contribution in [0.5, 0.6) is 5.75 Å². The average Bonchev–Trinajstić information content (AvgIpc) is 3.18. The SMILES string of the molecule is CCC(CC)c1nc(C#N)c(NN=Cc2ccc(OCc3ccccc3)cc2)o1. The lowest BCUT2D eigenvalue weighted by Crippen LogP contribution is -1.95. The van der Waals surface area contributed by atoms with E-state index in [1.807, 2.05) is 60.7 Å². The van der Waals surface area contributed by atoms with Crippen LogP contribution in [-0.4, -0.2) is 11.2 Å². The number of hydrogen-bond acceptors (Lipinski definition) is 6. The highest BCUT2D eigenvalue weighted by Gasteiger charge is 2.18. The summed E-state index contributed by atoms with van der Waals surface area (Å²) in [6.45, 7) is 4.67. The molecule has 0 atom stereocenters. The van der Waals surface area contributed by atoms with Gasteiger partial charge in [0, 0.05) is 5.92 Å². The minimum atomic E-state index is 0.199. The van der Waals surface area contributed by atoms with Crippen LogP contribution in [0, 0.1) is 11.3 Å². The zero-order valence-corrected chi connectivity index (χ0v) is 16.6. The second-order valence-electron chi connectivity index (χ2n) is 6.57. The second-order valence-corrected chi connectivity index (χ2v) is 6.57. The van der Waals surface area contributed by atoms with Gasteiger partial charge in [0.1, 0.15) is 18.4 Å². The van der Waals surface area contributed by atoms with Crippen LogP contribution in [0.25, 0.3) is 0 Å². The molecule has 0 fully saturated rings. The highest BCUT2D eigenvalue weighted by atomic mass is 16.5.